The molecular weight excluding hydrogens is 280 g/mol. The zero-order valence-electron chi connectivity index (χ0n) is 14.7. The third-order valence-electron chi connectivity index (χ3n) is 3.82. The normalized spacial score (nSPS) is 13.0. The van der Waals surface area contributed by atoms with Gasteiger partial charge in [0, 0.05) is 26.1 Å². The van der Waals surface area contributed by atoms with E-state index in [0.29, 0.717) is 13.1 Å². The first-order chi connectivity index (χ1) is 10.7. The third kappa shape index (κ3) is 16.1. The largest absolute Gasteiger partial charge is 0.395 e. The number of unbranched alkanes of at least 4 members (excludes halogenated alkanes) is 1. The van der Waals surface area contributed by atoms with Gasteiger partial charge in [0.15, 0.2) is 0 Å². The van der Waals surface area contributed by atoms with Gasteiger partial charge < -0.3 is 30.6 Å². The summed E-state index contributed by atoms with van der Waals surface area (Å²) in [6.45, 7) is 8.60. The van der Waals surface area contributed by atoms with Crippen LogP contribution >= 0.6 is 0 Å². The van der Waals surface area contributed by atoms with Crippen molar-refractivity contribution in [2.75, 3.05) is 79.7 Å². The molecule has 0 aliphatic carbocycles. The summed E-state index contributed by atoms with van der Waals surface area (Å²) in [7, 11) is 4.46. The van der Waals surface area contributed by atoms with E-state index in [-0.39, 0.29) is 13.2 Å². The minimum Gasteiger partial charge on any atom is -0.395 e. The van der Waals surface area contributed by atoms with Gasteiger partial charge in [-0.25, -0.2) is 0 Å². The summed E-state index contributed by atoms with van der Waals surface area (Å²) in [4.78, 5) is 4.00. The Morgan fingerprint density at radius 2 is 1.32 bits per heavy atom. The van der Waals surface area contributed by atoms with Crippen molar-refractivity contribution in [3.8, 4) is 0 Å². The number of quaternary nitrogens is 1. The highest BCUT2D eigenvalue weighted by molar-refractivity contribution is 4.54. The number of rotatable bonds is 17. The van der Waals surface area contributed by atoms with Crippen LogP contribution < -0.4 is 15.5 Å². The Balaban J connectivity index is 3.28. The van der Waals surface area contributed by atoms with Gasteiger partial charge in [-0.1, -0.05) is 0 Å². The lowest BCUT2D eigenvalue weighted by atomic mass is 10.2. The summed E-state index contributed by atoms with van der Waals surface area (Å²) >= 11 is 0. The molecule has 0 bridgehead atoms. The van der Waals surface area contributed by atoms with Crippen molar-refractivity contribution in [3.05, 3.63) is 0 Å². The van der Waals surface area contributed by atoms with Crippen molar-refractivity contribution in [1.82, 2.24) is 15.5 Å². The van der Waals surface area contributed by atoms with Crippen LogP contribution in [0.1, 0.15) is 25.7 Å². The van der Waals surface area contributed by atoms with Crippen LogP contribution in [0.2, 0.25) is 0 Å². The molecule has 0 saturated heterocycles. The Morgan fingerprint density at radius 3 is 1.95 bits per heavy atom. The van der Waals surface area contributed by atoms with E-state index in [2.05, 4.69) is 29.6 Å². The Hall–Kier alpha value is -0.240. The van der Waals surface area contributed by atoms with Gasteiger partial charge in [-0.3, -0.25) is 0 Å². The molecule has 0 aromatic heterocycles. The summed E-state index contributed by atoms with van der Waals surface area (Å²) in [6, 6.07) is 0. The number of hydrogen-bond acceptors (Lipinski definition) is 5. The van der Waals surface area contributed by atoms with Crippen molar-refractivity contribution in [2.24, 2.45) is 0 Å². The predicted octanol–water partition coefficient (Wildman–Crippen LogP) is -1.84. The molecule has 1 unspecified atom stereocenters. The first-order valence-corrected chi connectivity index (χ1v) is 8.83. The van der Waals surface area contributed by atoms with E-state index < -0.39 is 0 Å². The van der Waals surface area contributed by atoms with Crippen LogP contribution in [-0.2, 0) is 0 Å². The van der Waals surface area contributed by atoms with Crippen LogP contribution in [0, 0.1) is 0 Å². The van der Waals surface area contributed by atoms with Gasteiger partial charge in [0.25, 0.3) is 0 Å². The van der Waals surface area contributed by atoms with E-state index in [4.69, 9.17) is 10.2 Å². The molecule has 0 fully saturated rings. The maximum atomic E-state index is 8.67. The van der Waals surface area contributed by atoms with Gasteiger partial charge in [0.1, 0.15) is 0 Å². The molecule has 0 aliphatic rings. The lowest BCUT2D eigenvalue weighted by molar-refractivity contribution is -0.879. The average molecular weight is 320 g/mol. The highest BCUT2D eigenvalue weighted by Crippen LogP contribution is 1.92. The maximum absolute atomic E-state index is 8.67. The minimum atomic E-state index is 0.225. The van der Waals surface area contributed by atoms with Gasteiger partial charge in [-0.05, 0) is 45.9 Å². The minimum absolute atomic E-state index is 0.225. The summed E-state index contributed by atoms with van der Waals surface area (Å²) in [6.07, 6.45) is 4.86. The summed E-state index contributed by atoms with van der Waals surface area (Å²) in [5, 5.41) is 23.8. The van der Waals surface area contributed by atoms with E-state index in [0.717, 1.165) is 26.1 Å². The van der Waals surface area contributed by atoms with E-state index in [9.17, 15) is 0 Å². The van der Waals surface area contributed by atoms with Crippen LogP contribution in [0.4, 0.5) is 0 Å². The second-order valence-corrected chi connectivity index (χ2v) is 6.12. The fourth-order valence-corrected chi connectivity index (χ4v) is 2.44. The number of nitrogens with one attached hydrogen (secondary N) is 3. The molecule has 0 aromatic carbocycles. The molecule has 0 rings (SSSR count). The lowest BCUT2D eigenvalue weighted by Crippen LogP contribution is -3.09. The SMILES string of the molecule is CN(CCCC[NH+](C)CCCNCCO)CCCNCCO. The average Bonchev–Trinajstić information content (AvgIpc) is 2.51. The second kappa shape index (κ2) is 17.1. The Labute approximate surface area is 136 Å². The van der Waals surface area contributed by atoms with Crippen molar-refractivity contribution in [3.63, 3.8) is 0 Å². The number of aliphatic hydroxyl groups excluding tert-OH is 2. The van der Waals surface area contributed by atoms with E-state index >= 15 is 0 Å². The van der Waals surface area contributed by atoms with Crippen molar-refractivity contribution in [2.45, 2.75) is 25.7 Å². The highest BCUT2D eigenvalue weighted by Gasteiger charge is 2.03. The second-order valence-electron chi connectivity index (χ2n) is 6.12. The van der Waals surface area contributed by atoms with Crippen molar-refractivity contribution in [1.29, 1.82) is 0 Å². The van der Waals surface area contributed by atoms with Crippen molar-refractivity contribution >= 4 is 0 Å². The predicted molar refractivity (Wildman–Crippen MR) is 92.5 cm³/mol. The summed E-state index contributed by atoms with van der Waals surface area (Å²) in [5.41, 5.74) is 0. The van der Waals surface area contributed by atoms with Gasteiger partial charge in [-0.15, -0.1) is 0 Å². The molecule has 0 heterocycles. The smallest absolute Gasteiger partial charge is 0.0781 e. The van der Waals surface area contributed by atoms with E-state index in [1.54, 1.807) is 4.90 Å². The topological polar surface area (TPSA) is 72.2 Å². The van der Waals surface area contributed by atoms with E-state index in [1.165, 1.54) is 38.9 Å². The number of hydrogen-bond donors (Lipinski definition) is 5. The molecule has 0 spiro atoms. The quantitative estimate of drug-likeness (QED) is 0.204. The van der Waals surface area contributed by atoms with Crippen LogP contribution in [-0.4, -0.2) is 94.8 Å². The number of aliphatic hydroxyl groups is 2. The molecule has 5 N–H and O–H groups in total. The molecule has 0 radical (unpaired) electrons. The zero-order chi connectivity index (χ0) is 16.5. The molecule has 0 aliphatic heterocycles. The van der Waals surface area contributed by atoms with Gasteiger partial charge in [-0.2, -0.15) is 0 Å². The molecule has 134 valence electrons. The van der Waals surface area contributed by atoms with Gasteiger partial charge >= 0.3 is 0 Å². The Kier molecular flexibility index (Phi) is 16.9. The first-order valence-electron chi connectivity index (χ1n) is 8.83. The van der Waals surface area contributed by atoms with Gasteiger partial charge in [0.2, 0.25) is 0 Å². The van der Waals surface area contributed by atoms with Crippen LogP contribution in [0.15, 0.2) is 0 Å². The first kappa shape index (κ1) is 21.8. The summed E-state index contributed by atoms with van der Waals surface area (Å²) < 4.78 is 0. The molecule has 0 saturated carbocycles. The Morgan fingerprint density at radius 1 is 0.773 bits per heavy atom. The van der Waals surface area contributed by atoms with Crippen LogP contribution in [0.25, 0.3) is 0 Å². The molecule has 0 amide bonds. The molecule has 6 nitrogen and oxygen atoms in total. The number of nitrogens with zero attached hydrogens (tertiary/aromatic N) is 1. The highest BCUT2D eigenvalue weighted by atomic mass is 16.3. The molecule has 6 heteroatoms. The fraction of sp³-hybridized carbons (Fsp3) is 1.00. The van der Waals surface area contributed by atoms with Gasteiger partial charge in [0.05, 0.1) is 33.4 Å². The van der Waals surface area contributed by atoms with Crippen molar-refractivity contribution < 1.29 is 15.1 Å². The summed E-state index contributed by atoms with van der Waals surface area (Å²) in [5.74, 6) is 0. The lowest BCUT2D eigenvalue weighted by Gasteiger charge is -2.18. The molecular formula is C16H39N4O2+. The van der Waals surface area contributed by atoms with E-state index in [1.807, 2.05) is 0 Å². The van der Waals surface area contributed by atoms with Crippen LogP contribution in [0.3, 0.4) is 0 Å². The fourth-order valence-electron chi connectivity index (χ4n) is 2.44. The monoisotopic (exact) mass is 319 g/mol. The molecule has 1 atom stereocenters. The maximum Gasteiger partial charge on any atom is 0.0781 e. The Bertz CT molecular complexity index is 198. The molecule has 22 heavy (non-hydrogen) atoms. The third-order valence-corrected chi connectivity index (χ3v) is 3.82. The molecule has 0 aromatic rings. The zero-order valence-corrected chi connectivity index (χ0v) is 14.7. The van der Waals surface area contributed by atoms with Crippen LogP contribution in [0.5, 0.6) is 0 Å². The standard InChI is InChI=1S/C16H38N4O2/c1-19(13-5-7-17-9-15-21)11-3-4-12-20(2)14-6-8-18-10-16-22/h17-18,21-22H,3-16H2,1-2H3/p+1.